The molecule has 1 saturated carbocycles. The van der Waals surface area contributed by atoms with Crippen molar-refractivity contribution in [3.8, 4) is 0 Å². The van der Waals surface area contributed by atoms with Crippen molar-refractivity contribution in [2.24, 2.45) is 5.92 Å². The number of nitrogens with one attached hydrogen (secondary N) is 1. The third-order valence-electron chi connectivity index (χ3n) is 3.23. The predicted octanol–water partition coefficient (Wildman–Crippen LogP) is 1.93. The van der Waals surface area contributed by atoms with Crippen molar-refractivity contribution in [1.29, 1.82) is 0 Å². The monoisotopic (exact) mass is 185 g/mol. The molecule has 0 amide bonds. The molecule has 0 aromatic carbocycles. The number of hydrogen-bond donors (Lipinski definition) is 2. The van der Waals surface area contributed by atoms with Gasteiger partial charge in [0.25, 0.3) is 0 Å². The molecule has 1 aliphatic rings. The maximum atomic E-state index is 8.99. The van der Waals surface area contributed by atoms with Crippen molar-refractivity contribution >= 4 is 0 Å². The molecule has 1 atom stereocenters. The Balaban J connectivity index is 2.34. The minimum Gasteiger partial charge on any atom is -0.396 e. The normalized spacial score (nSPS) is 22.4. The fourth-order valence-electron chi connectivity index (χ4n) is 2.27. The van der Waals surface area contributed by atoms with Gasteiger partial charge in [0.1, 0.15) is 0 Å². The van der Waals surface area contributed by atoms with Crippen LogP contribution in [0.1, 0.15) is 46.0 Å². The number of hydrogen-bond acceptors (Lipinski definition) is 2. The van der Waals surface area contributed by atoms with Crippen molar-refractivity contribution in [3.63, 3.8) is 0 Å². The van der Waals surface area contributed by atoms with Crippen LogP contribution in [0.2, 0.25) is 0 Å². The second-order valence-electron chi connectivity index (χ2n) is 4.57. The van der Waals surface area contributed by atoms with Gasteiger partial charge >= 0.3 is 0 Å². The van der Waals surface area contributed by atoms with Crippen LogP contribution in [0.3, 0.4) is 0 Å². The number of aliphatic hydroxyl groups excluding tert-OH is 1. The molecular formula is C11H23NO. The SMILES string of the molecule is CCNC(C)(CCO)CC1CCC1. The Labute approximate surface area is 81.7 Å². The minimum atomic E-state index is 0.175. The van der Waals surface area contributed by atoms with Crippen molar-refractivity contribution in [1.82, 2.24) is 5.32 Å². The van der Waals surface area contributed by atoms with E-state index >= 15 is 0 Å². The van der Waals surface area contributed by atoms with Gasteiger partial charge in [-0.05, 0) is 32.2 Å². The Hall–Kier alpha value is -0.0800. The molecule has 1 unspecified atom stereocenters. The Morgan fingerprint density at radius 2 is 2.15 bits per heavy atom. The van der Waals surface area contributed by atoms with Crippen molar-refractivity contribution < 1.29 is 5.11 Å². The van der Waals surface area contributed by atoms with Crippen molar-refractivity contribution in [2.75, 3.05) is 13.2 Å². The van der Waals surface area contributed by atoms with Crippen LogP contribution < -0.4 is 5.32 Å². The topological polar surface area (TPSA) is 32.3 Å². The van der Waals surface area contributed by atoms with Gasteiger partial charge < -0.3 is 10.4 Å². The molecule has 0 heterocycles. The van der Waals surface area contributed by atoms with E-state index in [0.29, 0.717) is 6.61 Å². The summed E-state index contributed by atoms with van der Waals surface area (Å²) in [6, 6.07) is 0. The summed E-state index contributed by atoms with van der Waals surface area (Å²) in [5, 5.41) is 12.5. The molecule has 2 nitrogen and oxygen atoms in total. The summed E-state index contributed by atoms with van der Waals surface area (Å²) in [5.41, 5.74) is 0.175. The van der Waals surface area contributed by atoms with E-state index in [-0.39, 0.29) is 5.54 Å². The molecule has 2 heteroatoms. The first-order valence-corrected chi connectivity index (χ1v) is 5.56. The highest BCUT2D eigenvalue weighted by atomic mass is 16.3. The van der Waals surface area contributed by atoms with E-state index in [9.17, 15) is 0 Å². The molecule has 2 N–H and O–H groups in total. The lowest BCUT2D eigenvalue weighted by atomic mass is 9.75. The first kappa shape index (κ1) is 11.0. The molecule has 1 fully saturated rings. The van der Waals surface area contributed by atoms with Gasteiger partial charge in [-0.15, -0.1) is 0 Å². The molecule has 0 saturated heterocycles. The average Bonchev–Trinajstić information content (AvgIpc) is 1.98. The van der Waals surface area contributed by atoms with Gasteiger partial charge in [0.2, 0.25) is 0 Å². The Kier molecular flexibility index (Phi) is 4.20. The summed E-state index contributed by atoms with van der Waals surface area (Å²) in [6.07, 6.45) is 6.32. The van der Waals surface area contributed by atoms with E-state index in [0.717, 1.165) is 18.9 Å². The highest BCUT2D eigenvalue weighted by molar-refractivity contribution is 4.87. The fraction of sp³-hybridized carbons (Fsp3) is 1.00. The first-order valence-electron chi connectivity index (χ1n) is 5.56. The zero-order valence-corrected chi connectivity index (χ0v) is 8.97. The fourth-order valence-corrected chi connectivity index (χ4v) is 2.27. The smallest absolute Gasteiger partial charge is 0.0448 e. The van der Waals surface area contributed by atoms with E-state index < -0.39 is 0 Å². The molecule has 0 aliphatic heterocycles. The number of rotatable bonds is 6. The van der Waals surface area contributed by atoms with Gasteiger partial charge in [-0.25, -0.2) is 0 Å². The van der Waals surface area contributed by atoms with E-state index in [1.54, 1.807) is 0 Å². The van der Waals surface area contributed by atoms with Crippen LogP contribution in [0, 0.1) is 5.92 Å². The summed E-state index contributed by atoms with van der Waals surface area (Å²) < 4.78 is 0. The lowest BCUT2D eigenvalue weighted by Crippen LogP contribution is -2.45. The maximum absolute atomic E-state index is 8.99. The summed E-state index contributed by atoms with van der Waals surface area (Å²) in [7, 11) is 0. The lowest BCUT2D eigenvalue weighted by molar-refractivity contribution is 0.163. The van der Waals surface area contributed by atoms with Crippen LogP contribution in [-0.4, -0.2) is 23.8 Å². The Bertz CT molecular complexity index is 137. The Morgan fingerprint density at radius 3 is 2.54 bits per heavy atom. The molecule has 0 aromatic heterocycles. The molecule has 0 bridgehead atoms. The highest BCUT2D eigenvalue weighted by Gasteiger charge is 2.29. The number of aliphatic hydroxyl groups is 1. The van der Waals surface area contributed by atoms with Crippen molar-refractivity contribution in [2.45, 2.75) is 51.5 Å². The molecule has 0 aromatic rings. The standard InChI is InChI=1S/C11H23NO/c1-3-12-11(2,7-8-13)9-10-5-4-6-10/h10,12-13H,3-9H2,1-2H3. The van der Waals surface area contributed by atoms with E-state index in [1.165, 1.54) is 25.7 Å². The van der Waals surface area contributed by atoms with Gasteiger partial charge in [0.05, 0.1) is 0 Å². The summed E-state index contributed by atoms with van der Waals surface area (Å²) in [5.74, 6) is 0.913. The first-order chi connectivity index (χ1) is 6.20. The zero-order valence-electron chi connectivity index (χ0n) is 8.97. The van der Waals surface area contributed by atoms with Gasteiger partial charge in [-0.2, -0.15) is 0 Å². The second-order valence-corrected chi connectivity index (χ2v) is 4.57. The average molecular weight is 185 g/mol. The van der Waals surface area contributed by atoms with Gasteiger partial charge in [-0.3, -0.25) is 0 Å². The quantitative estimate of drug-likeness (QED) is 0.662. The second kappa shape index (κ2) is 4.97. The third kappa shape index (κ3) is 3.28. The predicted molar refractivity (Wildman–Crippen MR) is 55.7 cm³/mol. The zero-order chi connectivity index (χ0) is 9.73. The molecular weight excluding hydrogens is 162 g/mol. The molecule has 1 rings (SSSR count). The largest absolute Gasteiger partial charge is 0.396 e. The summed E-state index contributed by atoms with van der Waals surface area (Å²) >= 11 is 0. The van der Waals surface area contributed by atoms with Crippen LogP contribution in [0.4, 0.5) is 0 Å². The van der Waals surface area contributed by atoms with E-state index in [2.05, 4.69) is 19.2 Å². The van der Waals surface area contributed by atoms with Gasteiger partial charge in [0.15, 0.2) is 0 Å². The van der Waals surface area contributed by atoms with Crippen LogP contribution in [0.15, 0.2) is 0 Å². The molecule has 13 heavy (non-hydrogen) atoms. The van der Waals surface area contributed by atoms with E-state index in [4.69, 9.17) is 5.11 Å². The third-order valence-corrected chi connectivity index (χ3v) is 3.23. The molecule has 78 valence electrons. The summed E-state index contributed by atoms with van der Waals surface area (Å²) in [4.78, 5) is 0. The molecule has 0 radical (unpaired) electrons. The maximum Gasteiger partial charge on any atom is 0.0448 e. The van der Waals surface area contributed by atoms with Gasteiger partial charge in [0, 0.05) is 12.1 Å². The summed E-state index contributed by atoms with van der Waals surface area (Å²) in [6.45, 7) is 5.68. The minimum absolute atomic E-state index is 0.175. The van der Waals surface area contributed by atoms with Crippen LogP contribution in [-0.2, 0) is 0 Å². The van der Waals surface area contributed by atoms with Crippen LogP contribution in [0.5, 0.6) is 0 Å². The molecule has 1 aliphatic carbocycles. The lowest BCUT2D eigenvalue weighted by Gasteiger charge is -2.37. The van der Waals surface area contributed by atoms with Crippen LogP contribution >= 0.6 is 0 Å². The molecule has 0 spiro atoms. The Morgan fingerprint density at radius 1 is 1.46 bits per heavy atom. The van der Waals surface area contributed by atoms with Crippen LogP contribution in [0.25, 0.3) is 0 Å². The van der Waals surface area contributed by atoms with Gasteiger partial charge in [-0.1, -0.05) is 26.2 Å². The highest BCUT2D eigenvalue weighted by Crippen LogP contribution is 2.34. The van der Waals surface area contributed by atoms with Crippen molar-refractivity contribution in [3.05, 3.63) is 0 Å². The van der Waals surface area contributed by atoms with E-state index in [1.807, 2.05) is 0 Å².